The third kappa shape index (κ3) is 3.57. The number of nitrogens with zero attached hydrogens (tertiary/aromatic N) is 2. The molecule has 2 aliphatic heterocycles. The van der Waals surface area contributed by atoms with Crippen molar-refractivity contribution in [1.82, 2.24) is 4.90 Å². The highest BCUT2D eigenvalue weighted by molar-refractivity contribution is 7.77. The number of quaternary nitrogens is 1. The molecule has 1 saturated heterocycles. The van der Waals surface area contributed by atoms with Crippen LogP contribution in [0.25, 0.3) is 6.08 Å². The van der Waals surface area contributed by atoms with Crippen LogP contribution in [-0.4, -0.2) is 41.0 Å². The van der Waals surface area contributed by atoms with Crippen molar-refractivity contribution >= 4 is 41.4 Å². The van der Waals surface area contributed by atoms with E-state index in [1.807, 2.05) is 12.1 Å². The zero-order chi connectivity index (χ0) is 18.1. The van der Waals surface area contributed by atoms with Crippen LogP contribution >= 0.6 is 0 Å². The van der Waals surface area contributed by atoms with Gasteiger partial charge in [0.25, 0.3) is 11.8 Å². The van der Waals surface area contributed by atoms with Crippen LogP contribution in [0.2, 0.25) is 0 Å². The molecule has 1 N–H and O–H groups in total. The molecule has 0 atom stereocenters. The lowest BCUT2D eigenvalue weighted by molar-refractivity contribution is -0.831. The molecular weight excluding hydrogens is 346 g/mol. The van der Waals surface area contributed by atoms with Crippen LogP contribution in [0, 0.1) is 0 Å². The van der Waals surface area contributed by atoms with Gasteiger partial charge in [0.1, 0.15) is 11.3 Å². The first kappa shape index (κ1) is 17.4. The van der Waals surface area contributed by atoms with Crippen LogP contribution < -0.4 is 4.90 Å². The van der Waals surface area contributed by atoms with Gasteiger partial charge in [-0.2, -0.15) is 0 Å². The van der Waals surface area contributed by atoms with E-state index >= 15 is 0 Å². The minimum atomic E-state index is -0.529. The normalized spacial score (nSPS) is 23.9. The van der Waals surface area contributed by atoms with Crippen LogP contribution in [0.1, 0.15) is 44.1 Å². The van der Waals surface area contributed by atoms with Gasteiger partial charge in [0.15, 0.2) is 0 Å². The molecular formula is C20H23N3O2S. The minimum absolute atomic E-state index is 0.111. The van der Waals surface area contributed by atoms with Crippen molar-refractivity contribution in [3.63, 3.8) is 0 Å². The van der Waals surface area contributed by atoms with Crippen LogP contribution in [0.3, 0.4) is 0 Å². The van der Waals surface area contributed by atoms with Crippen molar-refractivity contribution in [3.8, 4) is 0 Å². The van der Waals surface area contributed by atoms with Gasteiger partial charge in [-0.25, -0.2) is 4.99 Å². The number of carbonyl (C=O) groups excluding carboxylic acids is 2. The van der Waals surface area contributed by atoms with Gasteiger partial charge in [-0.15, -0.1) is 0 Å². The first-order chi connectivity index (χ1) is 12.6. The number of aliphatic imine (C=N–C) groups is 1. The number of amides is 2. The molecule has 0 bridgehead atoms. The Bertz CT molecular complexity index is 773. The van der Waals surface area contributed by atoms with Gasteiger partial charge >= 0.3 is 0 Å². The van der Waals surface area contributed by atoms with E-state index in [0.717, 1.165) is 18.4 Å². The Kier molecular flexibility index (Phi) is 4.87. The number of rotatable bonds is 3. The molecule has 3 aliphatic rings. The third-order valence-electron chi connectivity index (χ3n) is 5.33. The molecule has 136 valence electrons. The average molecular weight is 369 g/mol. The Morgan fingerprint density at radius 3 is 2.31 bits per heavy atom. The van der Waals surface area contributed by atoms with Gasteiger partial charge in [-0.1, -0.05) is 0 Å². The molecule has 5 nitrogen and oxygen atoms in total. The highest BCUT2D eigenvalue weighted by Crippen LogP contribution is 2.30. The van der Waals surface area contributed by atoms with Crippen LogP contribution in [0.4, 0.5) is 5.69 Å². The fraction of sp³-hybridized carbons (Fsp3) is 0.450. The van der Waals surface area contributed by atoms with Crippen molar-refractivity contribution in [2.75, 3.05) is 13.1 Å². The Hall–Kier alpha value is -2.05. The maximum atomic E-state index is 12.7. The van der Waals surface area contributed by atoms with E-state index in [1.54, 1.807) is 6.08 Å². The number of hydrogen-bond acceptors (Lipinski definition) is 3. The average Bonchev–Trinajstić information content (AvgIpc) is 3.46. The molecule has 6 heteroatoms. The summed E-state index contributed by atoms with van der Waals surface area (Å²) in [7, 11) is 0. The predicted octanol–water partition coefficient (Wildman–Crippen LogP) is 1.59. The smallest absolute Gasteiger partial charge is 0.282 e. The molecule has 0 aromatic heterocycles. The number of nitrogens with one attached hydrogen (secondary N) is 1. The van der Waals surface area contributed by atoms with Gasteiger partial charge < -0.3 is 22.4 Å². The molecule has 1 aromatic rings. The predicted molar refractivity (Wildman–Crippen MR) is 103 cm³/mol. The number of carbonyl (C=O) groups is 2. The summed E-state index contributed by atoms with van der Waals surface area (Å²) in [5, 5.41) is 0.111. The Morgan fingerprint density at radius 2 is 1.69 bits per heavy atom. The molecule has 2 fully saturated rings. The Morgan fingerprint density at radius 1 is 1.04 bits per heavy atom. The summed E-state index contributed by atoms with van der Waals surface area (Å²) >= 11 is 5.10. The summed E-state index contributed by atoms with van der Waals surface area (Å²) < 4.78 is 0. The number of amidine groups is 1. The van der Waals surface area contributed by atoms with Crippen LogP contribution in [-0.2, 0) is 22.2 Å². The van der Waals surface area contributed by atoms with Gasteiger partial charge in [0, 0.05) is 6.04 Å². The molecule has 2 amide bonds. The van der Waals surface area contributed by atoms with Crippen molar-refractivity contribution in [2.45, 2.75) is 44.6 Å². The fourth-order valence-corrected chi connectivity index (χ4v) is 4.03. The van der Waals surface area contributed by atoms with Gasteiger partial charge in [0.2, 0.25) is 0 Å². The van der Waals surface area contributed by atoms with Crippen LogP contribution in [0.5, 0.6) is 0 Å². The largest absolute Gasteiger partial charge is 0.742 e. The molecule has 1 saturated carbocycles. The zero-order valence-electron chi connectivity index (χ0n) is 14.7. The van der Waals surface area contributed by atoms with Crippen LogP contribution in [0.15, 0.2) is 34.8 Å². The molecule has 0 unspecified atom stereocenters. The van der Waals surface area contributed by atoms with E-state index < -0.39 is 5.91 Å². The SMILES string of the molecule is O=C1N=C([S-])N(C2CC2)C(=O)/C1=C\c1ccc([NH+]2CCCCCC2)cc1. The summed E-state index contributed by atoms with van der Waals surface area (Å²) in [4.78, 5) is 31.8. The molecule has 4 rings (SSSR count). The lowest BCUT2D eigenvalue weighted by atomic mass is 10.1. The van der Waals surface area contributed by atoms with Crippen molar-refractivity contribution in [2.24, 2.45) is 4.99 Å². The van der Waals surface area contributed by atoms with Crippen molar-refractivity contribution < 1.29 is 14.5 Å². The monoisotopic (exact) mass is 369 g/mol. The van der Waals surface area contributed by atoms with Gasteiger partial charge in [-0.05, 0) is 79.6 Å². The zero-order valence-corrected chi connectivity index (χ0v) is 15.6. The quantitative estimate of drug-likeness (QED) is 0.500. The highest BCUT2D eigenvalue weighted by atomic mass is 32.1. The maximum absolute atomic E-state index is 12.7. The van der Waals surface area contributed by atoms with Gasteiger partial charge in [-0.3, -0.25) is 9.59 Å². The van der Waals surface area contributed by atoms with E-state index in [0.29, 0.717) is 0 Å². The second-order valence-electron chi connectivity index (χ2n) is 7.30. The summed E-state index contributed by atoms with van der Waals surface area (Å²) in [5.41, 5.74) is 2.24. The number of benzene rings is 1. The van der Waals surface area contributed by atoms with E-state index in [-0.39, 0.29) is 22.7 Å². The van der Waals surface area contributed by atoms with E-state index in [9.17, 15) is 9.59 Å². The standard InChI is InChI=1S/C20H23N3O2S/c24-18-17(19(25)23(16-9-10-16)20(26)21-18)13-14-5-7-15(8-6-14)22-11-3-1-2-4-12-22/h5-8,13,16H,1-4,9-12H2,(H,21,24,26)/b17-13-. The molecule has 0 spiro atoms. The summed E-state index contributed by atoms with van der Waals surface area (Å²) in [6.45, 7) is 2.34. The maximum Gasteiger partial charge on any atom is 0.282 e. The first-order valence-electron chi connectivity index (χ1n) is 9.44. The molecule has 26 heavy (non-hydrogen) atoms. The first-order valence-corrected chi connectivity index (χ1v) is 9.85. The Balaban J connectivity index is 1.55. The van der Waals surface area contributed by atoms with Crippen molar-refractivity contribution in [1.29, 1.82) is 0 Å². The topological polar surface area (TPSA) is 54.2 Å². The van der Waals surface area contributed by atoms with Crippen molar-refractivity contribution in [3.05, 3.63) is 35.4 Å². The fourth-order valence-electron chi connectivity index (χ4n) is 3.71. The lowest BCUT2D eigenvalue weighted by Gasteiger charge is -2.32. The molecule has 1 aromatic carbocycles. The summed E-state index contributed by atoms with van der Waals surface area (Å²) in [6.07, 6.45) is 8.67. The third-order valence-corrected chi connectivity index (χ3v) is 5.62. The Labute approximate surface area is 159 Å². The summed E-state index contributed by atoms with van der Waals surface area (Å²) in [6, 6.07) is 8.28. The van der Waals surface area contributed by atoms with Gasteiger partial charge in [0.05, 0.1) is 13.1 Å². The van der Waals surface area contributed by atoms with E-state index in [2.05, 4.69) is 17.1 Å². The molecule has 2 heterocycles. The second kappa shape index (κ2) is 7.29. The summed E-state index contributed by atoms with van der Waals surface area (Å²) in [5.74, 6) is -0.834. The highest BCUT2D eigenvalue weighted by Gasteiger charge is 2.38. The number of hydrogen-bond donors (Lipinski definition) is 1. The van der Waals surface area contributed by atoms with E-state index in [4.69, 9.17) is 12.6 Å². The lowest BCUT2D eigenvalue weighted by Crippen LogP contribution is -3.07. The second-order valence-corrected chi connectivity index (χ2v) is 7.67. The minimum Gasteiger partial charge on any atom is -0.742 e. The molecule has 0 radical (unpaired) electrons. The molecule has 1 aliphatic carbocycles. The van der Waals surface area contributed by atoms with E-state index in [1.165, 1.54) is 54.3 Å².